The van der Waals surface area contributed by atoms with Crippen molar-refractivity contribution in [3.63, 3.8) is 0 Å². The Bertz CT molecular complexity index is 486. The summed E-state index contributed by atoms with van der Waals surface area (Å²) in [6.07, 6.45) is 0.297. The Morgan fingerprint density at radius 1 is 1.45 bits per heavy atom. The highest BCUT2D eigenvalue weighted by Crippen LogP contribution is 2.26. The van der Waals surface area contributed by atoms with Crippen molar-refractivity contribution in [1.29, 1.82) is 0 Å². The maximum Gasteiger partial charge on any atom is 0.407 e. The monoisotopic (exact) mass is 315 g/mol. The summed E-state index contributed by atoms with van der Waals surface area (Å²) >= 11 is 7.39. The molecule has 6 heteroatoms. The molecule has 0 aliphatic carbocycles. The zero-order valence-corrected chi connectivity index (χ0v) is 13.3. The first-order valence-corrected chi connectivity index (χ1v) is 7.53. The van der Waals surface area contributed by atoms with Gasteiger partial charge in [-0.25, -0.2) is 4.79 Å². The molecule has 0 aliphatic rings. The Morgan fingerprint density at radius 2 is 2.15 bits per heavy atom. The van der Waals surface area contributed by atoms with Crippen LogP contribution in [-0.4, -0.2) is 30.3 Å². The Morgan fingerprint density at radius 3 is 2.75 bits per heavy atom. The van der Waals surface area contributed by atoms with Crippen molar-refractivity contribution in [3.05, 3.63) is 28.8 Å². The Kier molecular flexibility index (Phi) is 6.36. The number of aldehydes is 1. The zero-order chi connectivity index (χ0) is 15.2. The molecule has 0 aromatic heterocycles. The van der Waals surface area contributed by atoms with Gasteiger partial charge in [0.15, 0.2) is 6.29 Å². The van der Waals surface area contributed by atoms with E-state index in [4.69, 9.17) is 16.3 Å². The Labute approximate surface area is 128 Å². The number of rotatable bonds is 5. The van der Waals surface area contributed by atoms with Gasteiger partial charge < -0.3 is 10.1 Å². The van der Waals surface area contributed by atoms with Crippen LogP contribution in [0, 0.1) is 0 Å². The lowest BCUT2D eigenvalue weighted by molar-refractivity contribution is 0.0531. The highest BCUT2D eigenvalue weighted by molar-refractivity contribution is 7.99. The van der Waals surface area contributed by atoms with Gasteiger partial charge in [-0.3, -0.25) is 4.79 Å². The number of halogens is 1. The Hall–Kier alpha value is -1.20. The van der Waals surface area contributed by atoms with Crippen LogP contribution in [0.4, 0.5) is 4.79 Å². The Balaban J connectivity index is 2.40. The number of hydrogen-bond acceptors (Lipinski definition) is 4. The average Bonchev–Trinajstić information content (AvgIpc) is 2.32. The molecule has 0 saturated heterocycles. The number of nitrogens with one attached hydrogen (secondary N) is 1. The van der Waals surface area contributed by atoms with Gasteiger partial charge in [0.1, 0.15) is 5.60 Å². The minimum absolute atomic E-state index is 0.435. The molecule has 1 rings (SSSR count). The number of carbonyl (C=O) groups is 2. The van der Waals surface area contributed by atoms with Crippen molar-refractivity contribution in [2.24, 2.45) is 0 Å². The molecule has 0 spiro atoms. The highest BCUT2D eigenvalue weighted by atomic mass is 35.5. The van der Waals surface area contributed by atoms with Gasteiger partial charge in [0.2, 0.25) is 0 Å². The molecule has 0 aliphatic heterocycles. The maximum absolute atomic E-state index is 11.4. The summed E-state index contributed by atoms with van der Waals surface area (Å²) in [6, 6.07) is 5.29. The molecule has 0 saturated carbocycles. The quantitative estimate of drug-likeness (QED) is 0.510. The summed E-state index contributed by atoms with van der Waals surface area (Å²) in [5.74, 6) is 0.625. The van der Waals surface area contributed by atoms with Crippen LogP contribution in [0.15, 0.2) is 23.1 Å². The first-order chi connectivity index (χ1) is 9.33. The third kappa shape index (κ3) is 5.84. The molecule has 0 heterocycles. The van der Waals surface area contributed by atoms with Crippen molar-refractivity contribution < 1.29 is 14.3 Å². The summed E-state index contributed by atoms with van der Waals surface area (Å²) in [6.45, 7) is 5.88. The molecule has 20 heavy (non-hydrogen) atoms. The number of alkyl carbamates (subject to hydrolysis) is 1. The first-order valence-electron chi connectivity index (χ1n) is 6.17. The fraction of sp³-hybridized carbons (Fsp3) is 0.429. The number of ether oxygens (including phenoxy) is 1. The van der Waals surface area contributed by atoms with Crippen LogP contribution in [0.1, 0.15) is 31.1 Å². The second-order valence-corrected chi connectivity index (χ2v) is 6.59. The van der Waals surface area contributed by atoms with Gasteiger partial charge in [-0.2, -0.15) is 0 Å². The molecular formula is C14H18ClNO3S. The summed E-state index contributed by atoms with van der Waals surface area (Å²) in [7, 11) is 0. The minimum atomic E-state index is -0.505. The molecular weight excluding hydrogens is 298 g/mol. The molecule has 1 amide bonds. The largest absolute Gasteiger partial charge is 0.444 e. The van der Waals surface area contributed by atoms with Gasteiger partial charge in [0, 0.05) is 22.8 Å². The number of hydrogen-bond donors (Lipinski definition) is 1. The fourth-order valence-corrected chi connectivity index (χ4v) is 2.57. The van der Waals surface area contributed by atoms with Gasteiger partial charge in [0.05, 0.1) is 5.02 Å². The molecule has 0 bridgehead atoms. The van der Waals surface area contributed by atoms with Crippen molar-refractivity contribution in [1.82, 2.24) is 5.32 Å². The summed E-state index contributed by atoms with van der Waals surface area (Å²) in [5, 5.41) is 3.09. The van der Waals surface area contributed by atoms with E-state index in [2.05, 4.69) is 5.32 Å². The van der Waals surface area contributed by atoms with E-state index in [1.807, 2.05) is 26.8 Å². The third-order valence-electron chi connectivity index (χ3n) is 2.16. The highest BCUT2D eigenvalue weighted by Gasteiger charge is 2.15. The molecule has 0 radical (unpaired) electrons. The van der Waals surface area contributed by atoms with Crippen LogP contribution in [0.25, 0.3) is 0 Å². The summed E-state index contributed by atoms with van der Waals surface area (Å²) in [5.41, 5.74) is -0.0223. The minimum Gasteiger partial charge on any atom is -0.444 e. The summed E-state index contributed by atoms with van der Waals surface area (Å²) in [4.78, 5) is 23.2. The van der Waals surface area contributed by atoms with E-state index in [0.29, 0.717) is 22.9 Å². The van der Waals surface area contributed by atoms with Crippen molar-refractivity contribution in [2.45, 2.75) is 31.3 Å². The number of amides is 1. The van der Waals surface area contributed by atoms with Gasteiger partial charge in [-0.05, 0) is 32.9 Å². The van der Waals surface area contributed by atoms with Crippen molar-refractivity contribution in [3.8, 4) is 0 Å². The molecule has 1 aromatic carbocycles. The SMILES string of the molecule is CC(C)(C)OC(=O)NCCSc1cccc(Cl)c1C=O. The van der Waals surface area contributed by atoms with Crippen LogP contribution < -0.4 is 5.32 Å². The molecule has 1 N–H and O–H groups in total. The van der Waals surface area contributed by atoms with E-state index in [1.54, 1.807) is 12.1 Å². The molecule has 0 atom stereocenters. The van der Waals surface area contributed by atoms with E-state index >= 15 is 0 Å². The van der Waals surface area contributed by atoms with Crippen LogP contribution in [0.2, 0.25) is 5.02 Å². The number of carbonyl (C=O) groups excluding carboxylic acids is 2. The van der Waals surface area contributed by atoms with Gasteiger partial charge in [-0.1, -0.05) is 17.7 Å². The molecule has 4 nitrogen and oxygen atoms in total. The van der Waals surface area contributed by atoms with E-state index in [1.165, 1.54) is 11.8 Å². The van der Waals surface area contributed by atoms with Crippen LogP contribution in [-0.2, 0) is 4.74 Å². The van der Waals surface area contributed by atoms with Gasteiger partial charge >= 0.3 is 6.09 Å². The van der Waals surface area contributed by atoms with E-state index < -0.39 is 11.7 Å². The van der Waals surface area contributed by atoms with Gasteiger partial charge in [0.25, 0.3) is 0 Å². The first kappa shape index (κ1) is 16.9. The zero-order valence-electron chi connectivity index (χ0n) is 11.7. The lowest BCUT2D eigenvalue weighted by atomic mass is 10.2. The van der Waals surface area contributed by atoms with Crippen LogP contribution >= 0.6 is 23.4 Å². The third-order valence-corrected chi connectivity index (χ3v) is 3.56. The second-order valence-electron chi connectivity index (χ2n) is 5.05. The van der Waals surface area contributed by atoms with Crippen molar-refractivity contribution >= 4 is 35.7 Å². The smallest absolute Gasteiger partial charge is 0.407 e. The van der Waals surface area contributed by atoms with Gasteiger partial charge in [-0.15, -0.1) is 11.8 Å². The maximum atomic E-state index is 11.4. The normalized spacial score (nSPS) is 11.0. The number of benzene rings is 1. The lowest BCUT2D eigenvalue weighted by Crippen LogP contribution is -2.33. The standard InChI is InChI=1S/C14H18ClNO3S/c1-14(2,3)19-13(18)16-7-8-20-12-6-4-5-11(15)10(12)9-17/h4-6,9H,7-8H2,1-3H3,(H,16,18). The van der Waals surface area contributed by atoms with E-state index in [9.17, 15) is 9.59 Å². The second kappa shape index (κ2) is 7.55. The van der Waals surface area contributed by atoms with Crippen LogP contribution in [0.3, 0.4) is 0 Å². The van der Waals surface area contributed by atoms with Crippen LogP contribution in [0.5, 0.6) is 0 Å². The average molecular weight is 316 g/mol. The number of thioether (sulfide) groups is 1. The topological polar surface area (TPSA) is 55.4 Å². The fourth-order valence-electron chi connectivity index (χ4n) is 1.39. The summed E-state index contributed by atoms with van der Waals surface area (Å²) < 4.78 is 5.12. The molecule has 1 aromatic rings. The van der Waals surface area contributed by atoms with E-state index in [0.717, 1.165) is 11.2 Å². The molecule has 0 fully saturated rings. The lowest BCUT2D eigenvalue weighted by Gasteiger charge is -2.19. The van der Waals surface area contributed by atoms with E-state index in [-0.39, 0.29) is 0 Å². The molecule has 110 valence electrons. The van der Waals surface area contributed by atoms with Crippen molar-refractivity contribution in [2.75, 3.05) is 12.3 Å². The molecule has 0 unspecified atom stereocenters. The predicted octanol–water partition coefficient (Wildman–Crippen LogP) is 3.77. The predicted molar refractivity (Wildman–Crippen MR) is 81.8 cm³/mol.